The number of anilines is 1. The van der Waals surface area contributed by atoms with Gasteiger partial charge in [-0.05, 0) is 19.9 Å². The summed E-state index contributed by atoms with van der Waals surface area (Å²) >= 11 is 0. The Morgan fingerprint density at radius 1 is 1.38 bits per heavy atom. The molecule has 0 aliphatic carbocycles. The standard InChI is InChI=1S/C15H20N4O2/c1-10-13(11(2)21-18-10)8-14(20)17-9-12-6-5-7-16-15(12)19(3)4/h5-7H,8-9H2,1-4H3,(H,17,20). The van der Waals surface area contributed by atoms with E-state index in [9.17, 15) is 4.79 Å². The van der Waals surface area contributed by atoms with Gasteiger partial charge in [-0.2, -0.15) is 0 Å². The van der Waals surface area contributed by atoms with Gasteiger partial charge in [0.15, 0.2) is 0 Å². The molecule has 112 valence electrons. The summed E-state index contributed by atoms with van der Waals surface area (Å²) < 4.78 is 5.06. The van der Waals surface area contributed by atoms with Gasteiger partial charge in [-0.3, -0.25) is 4.79 Å². The van der Waals surface area contributed by atoms with Crippen molar-refractivity contribution in [2.24, 2.45) is 0 Å². The maximum atomic E-state index is 12.1. The maximum absolute atomic E-state index is 12.1. The number of nitrogens with one attached hydrogen (secondary N) is 1. The number of aromatic nitrogens is 2. The second kappa shape index (κ2) is 6.39. The first-order valence-electron chi connectivity index (χ1n) is 6.78. The maximum Gasteiger partial charge on any atom is 0.224 e. The van der Waals surface area contributed by atoms with Gasteiger partial charge in [0, 0.05) is 38.0 Å². The molecule has 6 nitrogen and oxygen atoms in total. The molecule has 2 aromatic heterocycles. The molecular weight excluding hydrogens is 268 g/mol. The lowest BCUT2D eigenvalue weighted by atomic mass is 10.1. The number of amides is 1. The van der Waals surface area contributed by atoms with Crippen LogP contribution in [0.3, 0.4) is 0 Å². The van der Waals surface area contributed by atoms with Crippen molar-refractivity contribution in [2.75, 3.05) is 19.0 Å². The van der Waals surface area contributed by atoms with Gasteiger partial charge >= 0.3 is 0 Å². The molecule has 2 heterocycles. The number of aryl methyl sites for hydroxylation is 2. The predicted molar refractivity (Wildman–Crippen MR) is 80.1 cm³/mol. The van der Waals surface area contributed by atoms with Gasteiger partial charge in [-0.25, -0.2) is 4.98 Å². The molecule has 0 aromatic carbocycles. The number of carbonyl (C=O) groups excluding carboxylic acids is 1. The van der Waals surface area contributed by atoms with E-state index in [1.165, 1.54) is 0 Å². The smallest absolute Gasteiger partial charge is 0.224 e. The summed E-state index contributed by atoms with van der Waals surface area (Å²) in [6.45, 7) is 4.10. The van der Waals surface area contributed by atoms with Crippen LogP contribution in [-0.2, 0) is 17.8 Å². The molecule has 0 unspecified atom stereocenters. The topological polar surface area (TPSA) is 71.3 Å². The molecule has 0 spiro atoms. The fourth-order valence-electron chi connectivity index (χ4n) is 2.14. The van der Waals surface area contributed by atoms with Crippen LogP contribution in [0.15, 0.2) is 22.9 Å². The van der Waals surface area contributed by atoms with Crippen LogP contribution in [0, 0.1) is 13.8 Å². The first-order chi connectivity index (χ1) is 9.99. The quantitative estimate of drug-likeness (QED) is 0.905. The minimum Gasteiger partial charge on any atom is -0.362 e. The van der Waals surface area contributed by atoms with Gasteiger partial charge < -0.3 is 14.7 Å². The Morgan fingerprint density at radius 3 is 2.76 bits per heavy atom. The molecule has 21 heavy (non-hydrogen) atoms. The Hall–Kier alpha value is -2.37. The zero-order valence-electron chi connectivity index (χ0n) is 12.8. The Morgan fingerprint density at radius 2 is 2.14 bits per heavy atom. The monoisotopic (exact) mass is 288 g/mol. The molecule has 0 saturated heterocycles. The molecular formula is C15H20N4O2. The molecule has 0 radical (unpaired) electrons. The third-order valence-electron chi connectivity index (χ3n) is 3.29. The average Bonchev–Trinajstić information content (AvgIpc) is 2.77. The summed E-state index contributed by atoms with van der Waals surface area (Å²) in [6, 6.07) is 3.82. The van der Waals surface area contributed by atoms with Crippen molar-refractivity contribution in [3.8, 4) is 0 Å². The minimum absolute atomic E-state index is 0.0574. The van der Waals surface area contributed by atoms with E-state index in [4.69, 9.17) is 4.52 Å². The molecule has 0 fully saturated rings. The summed E-state index contributed by atoms with van der Waals surface area (Å²) in [5, 5.41) is 6.77. The fraction of sp³-hybridized carbons (Fsp3) is 0.400. The van der Waals surface area contributed by atoms with Crippen LogP contribution < -0.4 is 10.2 Å². The molecule has 6 heteroatoms. The van der Waals surface area contributed by atoms with E-state index in [1.54, 1.807) is 6.20 Å². The number of pyridine rings is 1. The molecule has 0 bridgehead atoms. The van der Waals surface area contributed by atoms with E-state index in [0.29, 0.717) is 12.3 Å². The van der Waals surface area contributed by atoms with Crippen LogP contribution >= 0.6 is 0 Å². The zero-order valence-corrected chi connectivity index (χ0v) is 12.8. The number of carbonyl (C=O) groups is 1. The third kappa shape index (κ3) is 3.59. The molecule has 0 aliphatic heterocycles. The first-order valence-corrected chi connectivity index (χ1v) is 6.78. The Kier molecular flexibility index (Phi) is 4.57. The van der Waals surface area contributed by atoms with Gasteiger partial charge in [0.05, 0.1) is 12.1 Å². The average molecular weight is 288 g/mol. The van der Waals surface area contributed by atoms with E-state index < -0.39 is 0 Å². The molecule has 0 saturated carbocycles. The summed E-state index contributed by atoms with van der Waals surface area (Å²) in [6.07, 6.45) is 2.02. The lowest BCUT2D eigenvalue weighted by Gasteiger charge is -2.16. The second-order valence-corrected chi connectivity index (χ2v) is 5.14. The van der Waals surface area contributed by atoms with Crippen LogP contribution in [0.2, 0.25) is 0 Å². The van der Waals surface area contributed by atoms with E-state index in [2.05, 4.69) is 15.5 Å². The van der Waals surface area contributed by atoms with Crippen molar-refractivity contribution in [3.05, 3.63) is 40.9 Å². The second-order valence-electron chi connectivity index (χ2n) is 5.14. The van der Waals surface area contributed by atoms with Gasteiger partial charge in [0.1, 0.15) is 11.6 Å². The molecule has 2 aromatic rings. The molecule has 1 N–H and O–H groups in total. The van der Waals surface area contributed by atoms with Crippen LogP contribution in [0.5, 0.6) is 0 Å². The highest BCUT2D eigenvalue weighted by molar-refractivity contribution is 5.79. The van der Waals surface area contributed by atoms with Crippen molar-refractivity contribution in [2.45, 2.75) is 26.8 Å². The molecule has 0 aliphatic rings. The van der Waals surface area contributed by atoms with E-state index >= 15 is 0 Å². The SMILES string of the molecule is Cc1noc(C)c1CC(=O)NCc1cccnc1N(C)C. The summed E-state index contributed by atoms with van der Waals surface area (Å²) in [4.78, 5) is 18.3. The number of hydrogen-bond acceptors (Lipinski definition) is 5. The lowest BCUT2D eigenvalue weighted by Crippen LogP contribution is -2.26. The normalized spacial score (nSPS) is 10.5. The zero-order chi connectivity index (χ0) is 15.4. The van der Waals surface area contributed by atoms with E-state index in [1.807, 2.05) is 45.0 Å². The van der Waals surface area contributed by atoms with Crippen molar-refractivity contribution in [1.29, 1.82) is 0 Å². The van der Waals surface area contributed by atoms with E-state index in [-0.39, 0.29) is 12.3 Å². The van der Waals surface area contributed by atoms with Gasteiger partial charge in [0.2, 0.25) is 5.91 Å². The predicted octanol–water partition coefficient (Wildman–Crippen LogP) is 1.61. The Bertz CT molecular complexity index is 615. The van der Waals surface area contributed by atoms with E-state index in [0.717, 1.165) is 22.6 Å². The summed E-state index contributed by atoms with van der Waals surface area (Å²) in [7, 11) is 3.86. The van der Waals surface area contributed by atoms with Gasteiger partial charge in [0.25, 0.3) is 0 Å². The van der Waals surface area contributed by atoms with Gasteiger partial charge in [-0.1, -0.05) is 11.2 Å². The summed E-state index contributed by atoms with van der Waals surface area (Å²) in [5.74, 6) is 1.49. The number of nitrogens with zero attached hydrogens (tertiary/aromatic N) is 3. The van der Waals surface area contributed by atoms with Crippen molar-refractivity contribution in [3.63, 3.8) is 0 Å². The number of hydrogen-bond donors (Lipinski definition) is 1. The highest BCUT2D eigenvalue weighted by Crippen LogP contribution is 2.15. The fourth-order valence-corrected chi connectivity index (χ4v) is 2.14. The first kappa shape index (κ1) is 15.0. The van der Waals surface area contributed by atoms with Crippen LogP contribution in [0.25, 0.3) is 0 Å². The molecule has 0 atom stereocenters. The van der Waals surface area contributed by atoms with Crippen molar-refractivity contribution in [1.82, 2.24) is 15.5 Å². The van der Waals surface area contributed by atoms with Crippen LogP contribution in [0.4, 0.5) is 5.82 Å². The number of rotatable bonds is 5. The van der Waals surface area contributed by atoms with Crippen LogP contribution in [-0.4, -0.2) is 30.1 Å². The highest BCUT2D eigenvalue weighted by atomic mass is 16.5. The lowest BCUT2D eigenvalue weighted by molar-refractivity contribution is -0.120. The Labute approximate surface area is 124 Å². The minimum atomic E-state index is -0.0574. The summed E-state index contributed by atoms with van der Waals surface area (Å²) in [5.41, 5.74) is 2.60. The van der Waals surface area contributed by atoms with Crippen molar-refractivity contribution >= 4 is 11.7 Å². The molecule has 1 amide bonds. The van der Waals surface area contributed by atoms with Crippen LogP contribution in [0.1, 0.15) is 22.6 Å². The third-order valence-corrected chi connectivity index (χ3v) is 3.29. The highest BCUT2D eigenvalue weighted by Gasteiger charge is 2.14. The van der Waals surface area contributed by atoms with Crippen molar-refractivity contribution < 1.29 is 9.32 Å². The molecule has 2 rings (SSSR count). The largest absolute Gasteiger partial charge is 0.362 e. The Balaban J connectivity index is 1.99. The van der Waals surface area contributed by atoms with Gasteiger partial charge in [-0.15, -0.1) is 0 Å².